The van der Waals surface area contributed by atoms with Gasteiger partial charge in [-0.15, -0.1) is 5.10 Å². The lowest BCUT2D eigenvalue weighted by Crippen LogP contribution is -2.17. The Morgan fingerprint density at radius 2 is 2.36 bits per heavy atom. The molecule has 1 aromatic rings. The molecule has 0 aliphatic carbocycles. The van der Waals surface area contributed by atoms with Crippen molar-refractivity contribution >= 4 is 5.95 Å². The lowest BCUT2D eigenvalue weighted by Gasteiger charge is -2.01. The molecule has 0 aromatic carbocycles. The fourth-order valence-electron chi connectivity index (χ4n) is 0.904. The Morgan fingerprint density at radius 3 is 2.91 bits per heavy atom. The average Bonchev–Trinajstić information content (AvgIpc) is 2.33. The molecule has 1 aromatic heterocycles. The number of hydrogen-bond donors (Lipinski definition) is 2. The molecular weight excluding hydrogens is 144 g/mol. The second kappa shape index (κ2) is 3.23. The summed E-state index contributed by atoms with van der Waals surface area (Å²) in [5.74, 6) is 0.611. The number of rotatable bonds is 3. The minimum Gasteiger partial charge on any atom is -0.355 e. The lowest BCUT2D eigenvalue weighted by molar-refractivity contribution is 0.733. The van der Waals surface area contributed by atoms with Crippen LogP contribution in [0.15, 0.2) is 4.79 Å². The lowest BCUT2D eigenvalue weighted by atomic mass is 10.7. The average molecular weight is 156 g/mol. The van der Waals surface area contributed by atoms with Crippen LogP contribution in [0, 0.1) is 0 Å². The molecule has 0 amide bonds. The third-order valence-electron chi connectivity index (χ3n) is 1.41. The summed E-state index contributed by atoms with van der Waals surface area (Å²) in [4.78, 5) is 11.0. The van der Waals surface area contributed by atoms with Gasteiger partial charge in [0, 0.05) is 13.1 Å². The maximum absolute atomic E-state index is 11.0. The maximum atomic E-state index is 11.0. The zero-order valence-electron chi connectivity index (χ0n) is 6.72. The minimum atomic E-state index is -0.163. The Balaban J connectivity index is 2.96. The van der Waals surface area contributed by atoms with Crippen molar-refractivity contribution in [1.29, 1.82) is 0 Å². The van der Waals surface area contributed by atoms with Crippen LogP contribution in [0.5, 0.6) is 0 Å². The van der Waals surface area contributed by atoms with E-state index in [1.807, 2.05) is 13.8 Å². The van der Waals surface area contributed by atoms with Crippen LogP contribution in [0.3, 0.4) is 0 Å². The van der Waals surface area contributed by atoms with Crippen molar-refractivity contribution in [3.63, 3.8) is 0 Å². The Kier molecular flexibility index (Phi) is 2.30. The zero-order chi connectivity index (χ0) is 8.27. The van der Waals surface area contributed by atoms with Crippen LogP contribution in [0.25, 0.3) is 0 Å². The molecule has 0 aliphatic rings. The molecule has 0 unspecified atom stereocenters. The number of hydrogen-bond acceptors (Lipinski definition) is 3. The van der Waals surface area contributed by atoms with E-state index in [0.717, 1.165) is 6.54 Å². The summed E-state index contributed by atoms with van der Waals surface area (Å²) in [6, 6.07) is 0. The predicted molar refractivity (Wildman–Crippen MR) is 42.7 cm³/mol. The molecular formula is C6H12N4O. The Hall–Kier alpha value is -1.26. The minimum absolute atomic E-state index is 0.163. The first kappa shape index (κ1) is 7.84. The van der Waals surface area contributed by atoms with Crippen LogP contribution in [0.1, 0.15) is 13.8 Å². The molecule has 5 heteroatoms. The van der Waals surface area contributed by atoms with Gasteiger partial charge < -0.3 is 5.32 Å². The summed E-state index contributed by atoms with van der Waals surface area (Å²) in [6.07, 6.45) is 0. The molecule has 0 bridgehead atoms. The molecule has 1 heterocycles. The first-order chi connectivity index (χ1) is 5.29. The Bertz CT molecular complexity index is 274. The fourth-order valence-corrected chi connectivity index (χ4v) is 0.904. The van der Waals surface area contributed by atoms with Crippen LogP contribution >= 0.6 is 0 Å². The number of aromatic amines is 1. The standard InChI is InChI=1S/C6H12N4O/c1-3-7-5-8-9-6(11)10(5)4-2/h3-4H2,1-2H3,(H,7,8)(H,9,11). The van der Waals surface area contributed by atoms with Crippen molar-refractivity contribution in [2.75, 3.05) is 11.9 Å². The number of H-pyrrole nitrogens is 1. The topological polar surface area (TPSA) is 62.7 Å². The van der Waals surface area contributed by atoms with Crippen molar-refractivity contribution in [3.05, 3.63) is 10.5 Å². The summed E-state index contributed by atoms with van der Waals surface area (Å²) >= 11 is 0. The third kappa shape index (κ3) is 1.42. The molecule has 0 fully saturated rings. The van der Waals surface area contributed by atoms with Crippen LogP contribution < -0.4 is 11.0 Å². The van der Waals surface area contributed by atoms with Gasteiger partial charge >= 0.3 is 5.69 Å². The second-order valence-corrected chi connectivity index (χ2v) is 2.13. The van der Waals surface area contributed by atoms with Gasteiger partial charge in [-0.25, -0.2) is 9.89 Å². The predicted octanol–water partition coefficient (Wildman–Crippen LogP) is 0.0231. The molecule has 2 N–H and O–H groups in total. The van der Waals surface area contributed by atoms with Crippen molar-refractivity contribution < 1.29 is 0 Å². The molecule has 0 saturated carbocycles. The summed E-state index contributed by atoms with van der Waals surface area (Å²) in [5.41, 5.74) is -0.163. The van der Waals surface area contributed by atoms with E-state index in [1.54, 1.807) is 4.57 Å². The van der Waals surface area contributed by atoms with Gasteiger partial charge in [-0.3, -0.25) is 4.57 Å². The highest BCUT2D eigenvalue weighted by molar-refractivity contribution is 5.22. The monoisotopic (exact) mass is 156 g/mol. The molecule has 0 spiro atoms. The highest BCUT2D eigenvalue weighted by Gasteiger charge is 2.02. The van der Waals surface area contributed by atoms with Crippen molar-refractivity contribution in [3.8, 4) is 0 Å². The first-order valence-corrected chi connectivity index (χ1v) is 3.68. The first-order valence-electron chi connectivity index (χ1n) is 3.68. The van der Waals surface area contributed by atoms with Gasteiger partial charge in [-0.1, -0.05) is 0 Å². The van der Waals surface area contributed by atoms with Crippen LogP contribution in [-0.4, -0.2) is 21.3 Å². The normalized spacial score (nSPS) is 10.0. The molecule has 0 aliphatic heterocycles. The molecule has 11 heavy (non-hydrogen) atoms. The number of aromatic nitrogens is 3. The van der Waals surface area contributed by atoms with Gasteiger partial charge in [0.25, 0.3) is 0 Å². The van der Waals surface area contributed by atoms with Crippen molar-refractivity contribution in [1.82, 2.24) is 14.8 Å². The van der Waals surface area contributed by atoms with E-state index < -0.39 is 0 Å². The fraction of sp³-hybridized carbons (Fsp3) is 0.667. The molecule has 0 saturated heterocycles. The number of nitrogens with zero attached hydrogens (tertiary/aromatic N) is 2. The molecule has 5 nitrogen and oxygen atoms in total. The maximum Gasteiger partial charge on any atom is 0.344 e. The van der Waals surface area contributed by atoms with E-state index in [0.29, 0.717) is 12.5 Å². The summed E-state index contributed by atoms with van der Waals surface area (Å²) in [5, 5.41) is 9.13. The molecule has 62 valence electrons. The van der Waals surface area contributed by atoms with Gasteiger partial charge in [-0.2, -0.15) is 0 Å². The largest absolute Gasteiger partial charge is 0.355 e. The van der Waals surface area contributed by atoms with Gasteiger partial charge in [0.15, 0.2) is 0 Å². The van der Waals surface area contributed by atoms with E-state index in [9.17, 15) is 4.79 Å². The van der Waals surface area contributed by atoms with Gasteiger partial charge in [0.05, 0.1) is 0 Å². The number of anilines is 1. The van der Waals surface area contributed by atoms with E-state index >= 15 is 0 Å². The molecule has 1 rings (SSSR count). The Morgan fingerprint density at radius 1 is 1.64 bits per heavy atom. The number of nitrogens with one attached hydrogen (secondary N) is 2. The zero-order valence-corrected chi connectivity index (χ0v) is 6.72. The van der Waals surface area contributed by atoms with Crippen molar-refractivity contribution in [2.45, 2.75) is 20.4 Å². The highest BCUT2D eigenvalue weighted by Crippen LogP contribution is 1.95. The quantitative estimate of drug-likeness (QED) is 0.648. The van der Waals surface area contributed by atoms with E-state index in [2.05, 4.69) is 15.5 Å². The van der Waals surface area contributed by atoms with Crippen molar-refractivity contribution in [2.24, 2.45) is 0 Å². The van der Waals surface area contributed by atoms with E-state index in [1.165, 1.54) is 0 Å². The van der Waals surface area contributed by atoms with Gasteiger partial charge in [0.1, 0.15) is 0 Å². The SMILES string of the molecule is CCNc1n[nH]c(=O)n1CC. The van der Waals surface area contributed by atoms with Crippen LogP contribution in [0.2, 0.25) is 0 Å². The summed E-state index contributed by atoms with van der Waals surface area (Å²) in [7, 11) is 0. The van der Waals surface area contributed by atoms with Gasteiger partial charge in [-0.05, 0) is 13.8 Å². The highest BCUT2D eigenvalue weighted by atomic mass is 16.1. The van der Waals surface area contributed by atoms with Gasteiger partial charge in [0.2, 0.25) is 5.95 Å². The summed E-state index contributed by atoms with van der Waals surface area (Å²) in [6.45, 7) is 5.26. The van der Waals surface area contributed by atoms with Crippen LogP contribution in [-0.2, 0) is 6.54 Å². The third-order valence-corrected chi connectivity index (χ3v) is 1.41. The van der Waals surface area contributed by atoms with E-state index in [4.69, 9.17) is 0 Å². The van der Waals surface area contributed by atoms with Crippen LogP contribution in [0.4, 0.5) is 5.95 Å². The second-order valence-electron chi connectivity index (χ2n) is 2.13. The van der Waals surface area contributed by atoms with E-state index in [-0.39, 0.29) is 5.69 Å². The Labute approximate surface area is 64.4 Å². The smallest absolute Gasteiger partial charge is 0.344 e. The molecule has 0 atom stereocenters. The summed E-state index contributed by atoms with van der Waals surface area (Å²) < 4.78 is 1.55. The molecule has 0 radical (unpaired) electrons.